The molecule has 0 amide bonds. The van der Waals surface area contributed by atoms with Gasteiger partial charge in [0.05, 0.1) is 0 Å². The van der Waals surface area contributed by atoms with Crippen LogP contribution < -0.4 is 5.73 Å². The van der Waals surface area contributed by atoms with E-state index >= 15 is 0 Å². The predicted octanol–water partition coefficient (Wildman–Crippen LogP) is 4.01. The lowest BCUT2D eigenvalue weighted by atomic mass is 9.99. The highest BCUT2D eigenvalue weighted by molar-refractivity contribution is 5.27. The number of halogens is 5. The molecular formula is C12H14F5N. The summed E-state index contributed by atoms with van der Waals surface area (Å²) in [5.74, 6) is -1.52. The van der Waals surface area contributed by atoms with Gasteiger partial charge in [0.25, 0.3) is 0 Å². The van der Waals surface area contributed by atoms with Crippen molar-refractivity contribution in [2.45, 2.75) is 38.4 Å². The zero-order valence-corrected chi connectivity index (χ0v) is 9.82. The summed E-state index contributed by atoms with van der Waals surface area (Å²) in [7, 11) is 0. The van der Waals surface area contributed by atoms with E-state index in [0.717, 1.165) is 0 Å². The second-order valence-corrected chi connectivity index (χ2v) is 4.24. The molecule has 1 nitrogen and oxygen atoms in total. The van der Waals surface area contributed by atoms with Crippen LogP contribution in [0.2, 0.25) is 0 Å². The number of hydrogen-bond acceptors (Lipinski definition) is 1. The van der Waals surface area contributed by atoms with Crippen molar-refractivity contribution < 1.29 is 22.0 Å². The topological polar surface area (TPSA) is 26.0 Å². The Morgan fingerprint density at radius 2 is 1.78 bits per heavy atom. The first-order valence-corrected chi connectivity index (χ1v) is 5.48. The molecule has 0 aliphatic heterocycles. The molecule has 0 saturated carbocycles. The Kier molecular flexibility index (Phi) is 4.67. The molecule has 0 saturated heterocycles. The van der Waals surface area contributed by atoms with Crippen LogP contribution in [0.15, 0.2) is 12.1 Å². The maximum Gasteiger partial charge on any atom is 0.389 e. The average Bonchev–Trinajstić information content (AvgIpc) is 2.21. The molecule has 1 atom stereocenters. The first-order chi connectivity index (χ1) is 8.20. The van der Waals surface area contributed by atoms with Gasteiger partial charge in [-0.25, -0.2) is 8.78 Å². The normalized spacial score (nSPS) is 13.7. The zero-order valence-electron chi connectivity index (χ0n) is 9.82. The van der Waals surface area contributed by atoms with Crippen molar-refractivity contribution in [2.75, 3.05) is 0 Å². The van der Waals surface area contributed by atoms with E-state index in [0.29, 0.717) is 6.07 Å². The Balaban J connectivity index is 2.67. The van der Waals surface area contributed by atoms with Crippen molar-refractivity contribution in [3.05, 3.63) is 34.9 Å². The second kappa shape index (κ2) is 5.65. The number of alkyl halides is 3. The Morgan fingerprint density at radius 3 is 2.33 bits per heavy atom. The van der Waals surface area contributed by atoms with Crippen LogP contribution in [0.5, 0.6) is 0 Å². The Hall–Kier alpha value is -1.17. The minimum absolute atomic E-state index is 0.00149. The van der Waals surface area contributed by atoms with Crippen molar-refractivity contribution in [2.24, 2.45) is 5.73 Å². The third kappa shape index (κ3) is 4.25. The number of rotatable bonds is 4. The largest absolute Gasteiger partial charge is 0.389 e. The monoisotopic (exact) mass is 267 g/mol. The minimum Gasteiger partial charge on any atom is -0.324 e. The molecule has 0 spiro atoms. The van der Waals surface area contributed by atoms with E-state index in [-0.39, 0.29) is 24.0 Å². The standard InChI is InChI=1S/C12H14F5N/c1-7-5-8(10(14)6-9(7)13)11(18)3-2-4-12(15,16)17/h5-6,11H,2-4,18H2,1H3. The van der Waals surface area contributed by atoms with E-state index in [4.69, 9.17) is 5.73 Å². The Morgan fingerprint density at radius 1 is 1.17 bits per heavy atom. The smallest absolute Gasteiger partial charge is 0.324 e. The van der Waals surface area contributed by atoms with Gasteiger partial charge in [-0.3, -0.25) is 0 Å². The molecule has 0 fully saturated rings. The van der Waals surface area contributed by atoms with Gasteiger partial charge in [-0.1, -0.05) is 0 Å². The summed E-state index contributed by atoms with van der Waals surface area (Å²) in [6.45, 7) is 1.45. The fraction of sp³-hybridized carbons (Fsp3) is 0.500. The minimum atomic E-state index is -4.24. The maximum atomic E-state index is 13.4. The molecule has 1 unspecified atom stereocenters. The maximum absolute atomic E-state index is 13.4. The van der Waals surface area contributed by atoms with Crippen LogP contribution in [0.3, 0.4) is 0 Å². The molecular weight excluding hydrogens is 253 g/mol. The van der Waals surface area contributed by atoms with Gasteiger partial charge >= 0.3 is 6.18 Å². The summed E-state index contributed by atoms with van der Waals surface area (Å²) in [5.41, 5.74) is 5.89. The molecule has 1 aromatic rings. The van der Waals surface area contributed by atoms with Crippen molar-refractivity contribution in [3.63, 3.8) is 0 Å². The number of hydrogen-bond donors (Lipinski definition) is 1. The number of aryl methyl sites for hydroxylation is 1. The molecule has 0 aliphatic carbocycles. The number of nitrogens with two attached hydrogens (primary N) is 1. The summed E-state index contributed by atoms with van der Waals surface area (Å²) in [6.07, 6.45) is -5.37. The SMILES string of the molecule is Cc1cc(C(N)CCCC(F)(F)F)c(F)cc1F. The summed E-state index contributed by atoms with van der Waals surface area (Å²) in [4.78, 5) is 0. The Labute approximate surface area is 102 Å². The van der Waals surface area contributed by atoms with Crippen LogP contribution in [0, 0.1) is 18.6 Å². The van der Waals surface area contributed by atoms with E-state index < -0.39 is 30.3 Å². The van der Waals surface area contributed by atoms with Gasteiger partial charge in [-0.15, -0.1) is 0 Å². The van der Waals surface area contributed by atoms with Crippen LogP contribution >= 0.6 is 0 Å². The van der Waals surface area contributed by atoms with Crippen LogP contribution in [0.4, 0.5) is 22.0 Å². The van der Waals surface area contributed by atoms with E-state index in [9.17, 15) is 22.0 Å². The molecule has 0 bridgehead atoms. The molecule has 1 aromatic carbocycles. The van der Waals surface area contributed by atoms with Crippen molar-refractivity contribution >= 4 is 0 Å². The van der Waals surface area contributed by atoms with Crippen molar-refractivity contribution in [1.82, 2.24) is 0 Å². The highest BCUT2D eigenvalue weighted by Gasteiger charge is 2.26. The van der Waals surface area contributed by atoms with Gasteiger partial charge in [0.2, 0.25) is 0 Å². The van der Waals surface area contributed by atoms with E-state index in [1.807, 2.05) is 0 Å². The van der Waals surface area contributed by atoms with Gasteiger partial charge in [-0.2, -0.15) is 13.2 Å². The van der Waals surface area contributed by atoms with E-state index in [1.54, 1.807) is 0 Å². The highest BCUT2D eigenvalue weighted by Crippen LogP contribution is 2.27. The van der Waals surface area contributed by atoms with Gasteiger partial charge in [0, 0.05) is 24.1 Å². The van der Waals surface area contributed by atoms with Crippen molar-refractivity contribution in [1.29, 1.82) is 0 Å². The van der Waals surface area contributed by atoms with Crippen LogP contribution in [0.25, 0.3) is 0 Å². The Bertz CT molecular complexity index is 414. The van der Waals surface area contributed by atoms with Gasteiger partial charge < -0.3 is 5.73 Å². The number of benzene rings is 1. The zero-order chi connectivity index (χ0) is 13.9. The molecule has 0 heterocycles. The lowest BCUT2D eigenvalue weighted by molar-refractivity contribution is -0.135. The lowest BCUT2D eigenvalue weighted by Gasteiger charge is -2.14. The van der Waals surface area contributed by atoms with Crippen molar-refractivity contribution in [3.8, 4) is 0 Å². The molecule has 6 heteroatoms. The molecule has 1 rings (SSSR count). The summed E-state index contributed by atoms with van der Waals surface area (Å²) >= 11 is 0. The molecule has 0 aromatic heterocycles. The molecule has 102 valence electrons. The highest BCUT2D eigenvalue weighted by atomic mass is 19.4. The summed E-state index contributed by atoms with van der Waals surface area (Å²) in [5, 5.41) is 0. The summed E-state index contributed by atoms with van der Waals surface area (Å²) < 4.78 is 62.2. The van der Waals surface area contributed by atoms with E-state index in [1.165, 1.54) is 13.0 Å². The molecule has 0 radical (unpaired) electrons. The van der Waals surface area contributed by atoms with Crippen LogP contribution in [-0.2, 0) is 0 Å². The van der Waals surface area contributed by atoms with Gasteiger partial charge in [0.15, 0.2) is 0 Å². The van der Waals surface area contributed by atoms with Gasteiger partial charge in [-0.05, 0) is 31.4 Å². The second-order valence-electron chi connectivity index (χ2n) is 4.24. The molecule has 0 aliphatic rings. The predicted molar refractivity (Wildman–Crippen MR) is 57.9 cm³/mol. The fourth-order valence-corrected chi connectivity index (χ4v) is 1.64. The lowest BCUT2D eigenvalue weighted by Crippen LogP contribution is -2.15. The summed E-state index contributed by atoms with van der Waals surface area (Å²) in [6, 6.07) is 1.09. The first kappa shape index (κ1) is 14.9. The quantitative estimate of drug-likeness (QED) is 0.820. The first-order valence-electron chi connectivity index (χ1n) is 5.48. The third-order valence-electron chi connectivity index (χ3n) is 2.65. The van der Waals surface area contributed by atoms with Gasteiger partial charge in [0.1, 0.15) is 11.6 Å². The molecule has 2 N–H and O–H groups in total. The average molecular weight is 267 g/mol. The van der Waals surface area contributed by atoms with Crippen LogP contribution in [-0.4, -0.2) is 6.18 Å². The molecule has 18 heavy (non-hydrogen) atoms. The van der Waals surface area contributed by atoms with Crippen LogP contribution in [0.1, 0.15) is 36.4 Å². The third-order valence-corrected chi connectivity index (χ3v) is 2.65. The fourth-order valence-electron chi connectivity index (χ4n) is 1.64. The van der Waals surface area contributed by atoms with E-state index in [2.05, 4.69) is 0 Å².